The average molecular weight is 302 g/mol. The van der Waals surface area contributed by atoms with E-state index in [0.29, 0.717) is 5.92 Å². The highest BCUT2D eigenvalue weighted by Crippen LogP contribution is 2.62. The van der Waals surface area contributed by atoms with Crippen molar-refractivity contribution >= 4 is 5.97 Å². The van der Waals surface area contributed by atoms with Gasteiger partial charge in [0.05, 0.1) is 5.41 Å². The van der Waals surface area contributed by atoms with Gasteiger partial charge in [0.15, 0.2) is 0 Å². The molecule has 0 spiro atoms. The number of hydrogen-bond donors (Lipinski definition) is 0. The molecular formula is C20H30O2. The zero-order valence-corrected chi connectivity index (χ0v) is 14.0. The Morgan fingerprint density at radius 2 is 1.55 bits per heavy atom. The Morgan fingerprint density at radius 3 is 2.00 bits per heavy atom. The molecule has 6 fully saturated rings. The maximum Gasteiger partial charge on any atom is 0.312 e. The highest BCUT2D eigenvalue weighted by Gasteiger charge is 2.59. The van der Waals surface area contributed by atoms with Crippen LogP contribution in [0.2, 0.25) is 0 Å². The summed E-state index contributed by atoms with van der Waals surface area (Å²) in [6, 6.07) is 0. The number of ether oxygens (including phenoxy) is 1. The molecule has 0 aromatic heterocycles. The van der Waals surface area contributed by atoms with Crippen LogP contribution in [0, 0.1) is 35.0 Å². The summed E-state index contributed by atoms with van der Waals surface area (Å²) in [6.07, 6.45) is 13.8. The lowest BCUT2D eigenvalue weighted by Crippen LogP contribution is -2.53. The lowest BCUT2D eigenvalue weighted by Gasteiger charge is -2.56. The number of fused-ring (bicyclic) bond motifs is 2. The molecule has 0 aromatic carbocycles. The molecular weight excluding hydrogens is 272 g/mol. The van der Waals surface area contributed by atoms with Gasteiger partial charge in [-0.15, -0.1) is 0 Å². The summed E-state index contributed by atoms with van der Waals surface area (Å²) in [5.41, 5.74) is -0.151. The summed E-state index contributed by atoms with van der Waals surface area (Å²) in [7, 11) is 0. The first-order chi connectivity index (χ1) is 10.6. The first-order valence-corrected chi connectivity index (χ1v) is 9.84. The number of esters is 1. The summed E-state index contributed by atoms with van der Waals surface area (Å²) in [5, 5.41) is 0. The van der Waals surface area contributed by atoms with Crippen LogP contribution in [0.15, 0.2) is 0 Å². The standard InChI is InChI=1S/C20H30O2/c1-2-20(12-13-3-4-17(20)8-13)22-18(21)19-9-14-5-15(10-19)7-16(6-14)11-19/h13-17H,2-12H2,1H3/t13-,14?,15?,16?,17+,19?,20+/m0/s1. The van der Waals surface area contributed by atoms with Gasteiger partial charge < -0.3 is 4.74 Å². The van der Waals surface area contributed by atoms with E-state index in [1.54, 1.807) is 0 Å². The van der Waals surface area contributed by atoms with Crippen molar-refractivity contribution in [3.8, 4) is 0 Å². The molecule has 6 aliphatic rings. The molecule has 0 aliphatic heterocycles. The summed E-state index contributed by atoms with van der Waals surface area (Å²) < 4.78 is 6.43. The van der Waals surface area contributed by atoms with Crippen LogP contribution in [0.3, 0.4) is 0 Å². The van der Waals surface area contributed by atoms with Gasteiger partial charge >= 0.3 is 5.97 Å². The van der Waals surface area contributed by atoms with E-state index in [4.69, 9.17) is 4.74 Å². The molecule has 3 atom stereocenters. The topological polar surface area (TPSA) is 26.3 Å². The molecule has 0 saturated heterocycles. The normalized spacial score (nSPS) is 54.9. The SMILES string of the molecule is CC[C@@]1(OC(=O)C23CC4CC(CC(C4)C2)C3)C[C@H]2CC[C@@H]1C2. The second-order valence-corrected chi connectivity index (χ2v) is 9.59. The molecule has 6 bridgehead atoms. The molecule has 0 amide bonds. The van der Waals surface area contributed by atoms with Crippen molar-refractivity contribution in [1.29, 1.82) is 0 Å². The van der Waals surface area contributed by atoms with E-state index in [1.807, 2.05) is 0 Å². The van der Waals surface area contributed by atoms with Crippen LogP contribution in [-0.2, 0) is 9.53 Å². The Balaban J connectivity index is 1.38. The van der Waals surface area contributed by atoms with Crippen LogP contribution < -0.4 is 0 Å². The predicted octanol–water partition coefficient (Wildman–Crippen LogP) is 4.71. The molecule has 122 valence electrons. The van der Waals surface area contributed by atoms with Crippen LogP contribution in [-0.4, -0.2) is 11.6 Å². The second-order valence-electron chi connectivity index (χ2n) is 9.59. The summed E-state index contributed by atoms with van der Waals surface area (Å²) in [5.74, 6) is 4.22. The van der Waals surface area contributed by atoms with Gasteiger partial charge in [-0.05, 0) is 100 Å². The van der Waals surface area contributed by atoms with E-state index in [-0.39, 0.29) is 17.0 Å². The lowest BCUT2D eigenvalue weighted by atomic mass is 9.49. The van der Waals surface area contributed by atoms with Crippen molar-refractivity contribution in [2.75, 3.05) is 0 Å². The van der Waals surface area contributed by atoms with Gasteiger partial charge in [0.1, 0.15) is 5.60 Å². The van der Waals surface area contributed by atoms with Crippen molar-refractivity contribution in [2.45, 2.75) is 83.2 Å². The van der Waals surface area contributed by atoms with Crippen LogP contribution in [0.5, 0.6) is 0 Å². The van der Waals surface area contributed by atoms with Crippen molar-refractivity contribution in [3.63, 3.8) is 0 Å². The number of rotatable bonds is 3. The van der Waals surface area contributed by atoms with Gasteiger partial charge in [-0.1, -0.05) is 6.92 Å². The molecule has 6 aliphatic carbocycles. The Morgan fingerprint density at radius 1 is 0.909 bits per heavy atom. The molecule has 2 nitrogen and oxygen atoms in total. The fraction of sp³-hybridized carbons (Fsp3) is 0.950. The molecule has 2 heteroatoms. The van der Waals surface area contributed by atoms with Gasteiger partial charge in [0.2, 0.25) is 0 Å². The van der Waals surface area contributed by atoms with Gasteiger partial charge in [-0.2, -0.15) is 0 Å². The molecule has 0 radical (unpaired) electrons. The molecule has 0 aromatic rings. The summed E-state index contributed by atoms with van der Waals surface area (Å²) in [6.45, 7) is 2.24. The lowest BCUT2D eigenvalue weighted by molar-refractivity contribution is -0.193. The van der Waals surface area contributed by atoms with E-state index in [9.17, 15) is 4.79 Å². The fourth-order valence-electron chi connectivity index (χ4n) is 7.68. The van der Waals surface area contributed by atoms with Gasteiger partial charge in [0.25, 0.3) is 0 Å². The quantitative estimate of drug-likeness (QED) is 0.705. The van der Waals surface area contributed by atoms with E-state index in [2.05, 4.69) is 6.92 Å². The van der Waals surface area contributed by atoms with Crippen molar-refractivity contribution in [2.24, 2.45) is 35.0 Å². The Hall–Kier alpha value is -0.530. The minimum atomic E-state index is -0.0800. The molecule has 6 rings (SSSR count). The Bertz CT molecular complexity index is 461. The van der Waals surface area contributed by atoms with E-state index < -0.39 is 0 Å². The van der Waals surface area contributed by atoms with Gasteiger partial charge in [-0.3, -0.25) is 4.79 Å². The van der Waals surface area contributed by atoms with Crippen LogP contribution in [0.1, 0.15) is 77.6 Å². The zero-order valence-electron chi connectivity index (χ0n) is 14.0. The summed E-state index contributed by atoms with van der Waals surface area (Å²) in [4.78, 5) is 13.3. The smallest absolute Gasteiger partial charge is 0.312 e. The molecule has 22 heavy (non-hydrogen) atoms. The molecule has 6 saturated carbocycles. The van der Waals surface area contributed by atoms with E-state index in [1.165, 1.54) is 38.5 Å². The average Bonchev–Trinajstić information content (AvgIpc) is 3.07. The predicted molar refractivity (Wildman–Crippen MR) is 85.2 cm³/mol. The Labute approximate surface area is 134 Å². The molecule has 0 heterocycles. The monoisotopic (exact) mass is 302 g/mol. The maximum absolute atomic E-state index is 13.3. The van der Waals surface area contributed by atoms with Crippen LogP contribution in [0.25, 0.3) is 0 Å². The van der Waals surface area contributed by atoms with Gasteiger partial charge in [-0.25, -0.2) is 0 Å². The van der Waals surface area contributed by atoms with Crippen molar-refractivity contribution < 1.29 is 9.53 Å². The molecule has 0 N–H and O–H groups in total. The number of carbonyl (C=O) groups is 1. The Kier molecular flexibility index (Phi) is 2.84. The van der Waals surface area contributed by atoms with Crippen LogP contribution in [0.4, 0.5) is 0 Å². The van der Waals surface area contributed by atoms with E-state index >= 15 is 0 Å². The number of hydrogen-bond acceptors (Lipinski definition) is 2. The van der Waals surface area contributed by atoms with Crippen LogP contribution >= 0.6 is 0 Å². The third-order valence-electron chi connectivity index (χ3n) is 8.29. The minimum absolute atomic E-state index is 0.0707. The van der Waals surface area contributed by atoms with Crippen molar-refractivity contribution in [3.05, 3.63) is 0 Å². The number of carbonyl (C=O) groups excluding carboxylic acids is 1. The summed E-state index contributed by atoms with van der Waals surface area (Å²) >= 11 is 0. The maximum atomic E-state index is 13.3. The van der Waals surface area contributed by atoms with Gasteiger partial charge in [0, 0.05) is 0 Å². The highest BCUT2D eigenvalue weighted by atomic mass is 16.6. The highest BCUT2D eigenvalue weighted by molar-refractivity contribution is 5.78. The first kappa shape index (κ1) is 13.9. The third-order valence-corrected chi connectivity index (χ3v) is 8.29. The van der Waals surface area contributed by atoms with E-state index in [0.717, 1.165) is 55.8 Å². The zero-order chi connectivity index (χ0) is 14.9. The second kappa shape index (κ2) is 4.51. The fourth-order valence-corrected chi connectivity index (χ4v) is 7.68. The van der Waals surface area contributed by atoms with Crippen molar-refractivity contribution in [1.82, 2.24) is 0 Å². The largest absolute Gasteiger partial charge is 0.458 e. The first-order valence-electron chi connectivity index (χ1n) is 9.84. The minimum Gasteiger partial charge on any atom is -0.458 e. The third kappa shape index (κ3) is 1.82. The molecule has 0 unspecified atom stereocenters.